The minimum atomic E-state index is -0.410. The number of amides is 1. The summed E-state index contributed by atoms with van der Waals surface area (Å²) in [5, 5.41) is 7.28. The van der Waals surface area contributed by atoms with E-state index in [1.807, 2.05) is 30.3 Å². The Balaban J connectivity index is 1.37. The first kappa shape index (κ1) is 20.1. The molecule has 2 atom stereocenters. The molecule has 1 saturated carbocycles. The maximum absolute atomic E-state index is 13.4. The first-order chi connectivity index (χ1) is 14.4. The number of carbonyl (C=O) groups excluding carboxylic acids is 1. The lowest BCUT2D eigenvalue weighted by Crippen LogP contribution is -2.58. The topological polar surface area (TPSA) is 64.4 Å². The van der Waals surface area contributed by atoms with Gasteiger partial charge in [-0.2, -0.15) is 0 Å². The van der Waals surface area contributed by atoms with Gasteiger partial charge in [0.15, 0.2) is 5.76 Å². The highest BCUT2D eigenvalue weighted by Crippen LogP contribution is 2.48. The molecule has 4 rings (SSSR count). The van der Waals surface area contributed by atoms with Crippen molar-refractivity contribution >= 4 is 5.91 Å². The summed E-state index contributed by atoms with van der Waals surface area (Å²) in [5.41, 5.74) is 2.09. The molecule has 1 heterocycles. The van der Waals surface area contributed by atoms with Crippen molar-refractivity contribution in [3.8, 4) is 17.1 Å². The Morgan fingerprint density at radius 1 is 1.23 bits per heavy atom. The van der Waals surface area contributed by atoms with Crippen LogP contribution in [0.1, 0.15) is 36.3 Å². The summed E-state index contributed by atoms with van der Waals surface area (Å²) < 4.78 is 24.1. The van der Waals surface area contributed by atoms with Crippen LogP contribution in [0, 0.1) is 17.2 Å². The third-order valence-corrected chi connectivity index (χ3v) is 6.25. The van der Waals surface area contributed by atoms with E-state index in [9.17, 15) is 9.18 Å². The van der Waals surface area contributed by atoms with Gasteiger partial charge < -0.3 is 14.6 Å². The molecule has 1 N–H and O–H groups in total. The Kier molecular flexibility index (Phi) is 5.33. The molecular formula is C24H25FN2O3. The second kappa shape index (κ2) is 7.94. The van der Waals surface area contributed by atoms with Gasteiger partial charge in [-0.15, -0.1) is 0 Å². The second-order valence-electron chi connectivity index (χ2n) is 8.41. The van der Waals surface area contributed by atoms with Gasteiger partial charge in [0.05, 0.1) is 12.8 Å². The summed E-state index contributed by atoms with van der Waals surface area (Å²) in [6.45, 7) is 4.28. The Morgan fingerprint density at radius 2 is 2.00 bits per heavy atom. The average Bonchev–Trinajstić information content (AvgIpc) is 3.21. The molecule has 1 aromatic heterocycles. The van der Waals surface area contributed by atoms with E-state index in [0.717, 1.165) is 35.6 Å². The number of hydrogen-bond donors (Lipinski definition) is 1. The molecule has 3 aromatic rings. The molecule has 156 valence electrons. The van der Waals surface area contributed by atoms with Crippen LogP contribution in [0.5, 0.6) is 5.75 Å². The molecule has 5 nitrogen and oxygen atoms in total. The highest BCUT2D eigenvalue weighted by molar-refractivity contribution is 5.94. The molecule has 1 amide bonds. The number of carbonyl (C=O) groups is 1. The van der Waals surface area contributed by atoms with Crippen molar-refractivity contribution < 1.29 is 18.4 Å². The van der Waals surface area contributed by atoms with Gasteiger partial charge >= 0.3 is 0 Å². The monoisotopic (exact) mass is 408 g/mol. The average molecular weight is 408 g/mol. The number of ether oxygens (including phenoxy) is 1. The van der Waals surface area contributed by atoms with E-state index in [1.165, 1.54) is 12.1 Å². The van der Waals surface area contributed by atoms with Gasteiger partial charge in [0.1, 0.15) is 11.6 Å². The van der Waals surface area contributed by atoms with Crippen LogP contribution >= 0.6 is 0 Å². The molecule has 0 spiro atoms. The van der Waals surface area contributed by atoms with E-state index in [4.69, 9.17) is 9.26 Å². The van der Waals surface area contributed by atoms with Gasteiger partial charge in [-0.3, -0.25) is 4.79 Å². The Bertz CT molecular complexity index is 1040. The zero-order valence-corrected chi connectivity index (χ0v) is 17.3. The van der Waals surface area contributed by atoms with Gasteiger partial charge in [-0.25, -0.2) is 4.39 Å². The third-order valence-electron chi connectivity index (χ3n) is 6.25. The number of methoxy groups -OCH3 is 1. The summed E-state index contributed by atoms with van der Waals surface area (Å²) in [4.78, 5) is 12.4. The number of nitrogens with one attached hydrogen (secondary N) is 1. The standard InChI is InChI=1S/C24H25FN2O3/c1-24(2)17(13-22(24)26-23(28)16-5-4-6-18(25)11-16)12-19-14-21(30-27-19)15-7-9-20(29-3)10-8-15/h4-11,14,17,22H,12-13H2,1-3H3,(H,26,28)/t17-,22+/m1/s1. The fourth-order valence-corrected chi connectivity index (χ4v) is 4.03. The summed E-state index contributed by atoms with van der Waals surface area (Å²) in [5.74, 6) is 1.23. The number of nitrogens with zero attached hydrogens (tertiary/aromatic N) is 1. The van der Waals surface area contributed by atoms with Gasteiger partial charge in [0.25, 0.3) is 5.91 Å². The molecule has 0 unspecified atom stereocenters. The van der Waals surface area contributed by atoms with Crippen molar-refractivity contribution in [2.75, 3.05) is 7.11 Å². The lowest BCUT2D eigenvalue weighted by atomic mass is 9.57. The number of hydrogen-bond acceptors (Lipinski definition) is 4. The van der Waals surface area contributed by atoms with Crippen molar-refractivity contribution in [1.29, 1.82) is 0 Å². The smallest absolute Gasteiger partial charge is 0.251 e. The lowest BCUT2D eigenvalue weighted by Gasteiger charge is -2.52. The molecule has 0 saturated heterocycles. The predicted molar refractivity (Wildman–Crippen MR) is 112 cm³/mol. The SMILES string of the molecule is COc1ccc(-c2cc(C[C@@H]3C[C@H](NC(=O)c4cccc(F)c4)C3(C)C)no2)cc1. The Morgan fingerprint density at radius 3 is 2.67 bits per heavy atom. The minimum absolute atomic E-state index is 0.0335. The molecule has 6 heteroatoms. The quantitative estimate of drug-likeness (QED) is 0.632. The molecule has 0 aliphatic heterocycles. The number of halogens is 1. The van der Waals surface area contributed by atoms with Gasteiger partial charge in [-0.05, 0) is 66.6 Å². The van der Waals surface area contributed by atoms with Crippen molar-refractivity contribution in [1.82, 2.24) is 10.5 Å². The first-order valence-electron chi connectivity index (χ1n) is 10.0. The van der Waals surface area contributed by atoms with E-state index in [0.29, 0.717) is 11.5 Å². The molecule has 30 heavy (non-hydrogen) atoms. The Hall–Kier alpha value is -3.15. The predicted octanol–water partition coefficient (Wildman–Crippen LogP) is 4.88. The van der Waals surface area contributed by atoms with Crippen LogP contribution in [0.15, 0.2) is 59.1 Å². The van der Waals surface area contributed by atoms with Crippen LogP contribution in [0.2, 0.25) is 0 Å². The van der Waals surface area contributed by atoms with Gasteiger partial charge in [-0.1, -0.05) is 25.1 Å². The molecule has 1 fully saturated rings. The summed E-state index contributed by atoms with van der Waals surface area (Å²) >= 11 is 0. The highest BCUT2D eigenvalue weighted by atomic mass is 19.1. The second-order valence-corrected chi connectivity index (χ2v) is 8.41. The van der Waals surface area contributed by atoms with Crippen LogP contribution in [-0.4, -0.2) is 24.2 Å². The minimum Gasteiger partial charge on any atom is -0.497 e. The van der Waals surface area contributed by atoms with Crippen LogP contribution in [0.4, 0.5) is 4.39 Å². The summed E-state index contributed by atoms with van der Waals surface area (Å²) in [7, 11) is 1.63. The summed E-state index contributed by atoms with van der Waals surface area (Å²) in [6, 6.07) is 15.4. The molecule has 1 aliphatic rings. The van der Waals surface area contributed by atoms with Gasteiger partial charge in [0.2, 0.25) is 0 Å². The summed E-state index contributed by atoms with van der Waals surface area (Å²) in [6.07, 6.45) is 1.62. The number of rotatable bonds is 6. The van der Waals surface area contributed by atoms with Crippen LogP contribution in [0.25, 0.3) is 11.3 Å². The highest BCUT2D eigenvalue weighted by Gasteiger charge is 2.48. The Labute approximate surface area is 175 Å². The molecule has 2 aromatic carbocycles. The molecule has 0 bridgehead atoms. The molecule has 0 radical (unpaired) electrons. The maximum atomic E-state index is 13.4. The number of aromatic nitrogens is 1. The van der Waals surface area contributed by atoms with Crippen LogP contribution in [-0.2, 0) is 6.42 Å². The fraction of sp³-hybridized carbons (Fsp3) is 0.333. The first-order valence-corrected chi connectivity index (χ1v) is 10.0. The van der Waals surface area contributed by atoms with E-state index in [1.54, 1.807) is 19.2 Å². The van der Waals surface area contributed by atoms with Crippen molar-refractivity contribution in [2.45, 2.75) is 32.7 Å². The molecule has 1 aliphatic carbocycles. The van der Waals surface area contributed by atoms with Crippen molar-refractivity contribution in [2.24, 2.45) is 11.3 Å². The maximum Gasteiger partial charge on any atom is 0.251 e. The zero-order valence-electron chi connectivity index (χ0n) is 17.3. The fourth-order valence-electron chi connectivity index (χ4n) is 4.03. The third kappa shape index (κ3) is 3.95. The van der Waals surface area contributed by atoms with Crippen LogP contribution in [0.3, 0.4) is 0 Å². The van der Waals surface area contributed by atoms with Crippen LogP contribution < -0.4 is 10.1 Å². The molecular weight excluding hydrogens is 383 g/mol. The lowest BCUT2D eigenvalue weighted by molar-refractivity contribution is 0.0138. The van der Waals surface area contributed by atoms with E-state index < -0.39 is 5.82 Å². The van der Waals surface area contributed by atoms with Crippen molar-refractivity contribution in [3.05, 3.63) is 71.7 Å². The van der Waals surface area contributed by atoms with Gasteiger partial charge in [0, 0.05) is 23.2 Å². The normalized spacial score (nSPS) is 19.7. The van der Waals surface area contributed by atoms with E-state index in [-0.39, 0.29) is 17.4 Å². The number of benzene rings is 2. The van der Waals surface area contributed by atoms with E-state index >= 15 is 0 Å². The van der Waals surface area contributed by atoms with Crippen molar-refractivity contribution in [3.63, 3.8) is 0 Å². The zero-order chi connectivity index (χ0) is 21.3. The van der Waals surface area contributed by atoms with E-state index in [2.05, 4.69) is 24.3 Å². The largest absolute Gasteiger partial charge is 0.497 e.